The normalized spacial score (nSPS) is 13.9. The van der Waals surface area contributed by atoms with Gasteiger partial charge in [0.1, 0.15) is 11.5 Å². The fourth-order valence-electron chi connectivity index (χ4n) is 3.01. The smallest absolute Gasteiger partial charge is 0.262 e. The van der Waals surface area contributed by atoms with Crippen molar-refractivity contribution in [3.05, 3.63) is 58.3 Å². The van der Waals surface area contributed by atoms with Gasteiger partial charge in [0, 0.05) is 13.1 Å². The van der Waals surface area contributed by atoms with Crippen molar-refractivity contribution < 1.29 is 9.21 Å². The molecule has 2 aromatic heterocycles. The first-order chi connectivity index (χ1) is 13.0. The number of furan rings is 1. The Morgan fingerprint density at radius 2 is 2.07 bits per heavy atom. The monoisotopic (exact) mass is 383 g/mol. The van der Waals surface area contributed by atoms with E-state index in [1.807, 2.05) is 43.3 Å². The predicted molar refractivity (Wildman–Crippen MR) is 105 cm³/mol. The number of carbonyl (C=O) groups excluding carboxylic acids is 1. The first-order valence-corrected chi connectivity index (χ1v) is 9.95. The standard InChI is InChI=1S/C20H21N3O3S/c1-13-7-10-15(26-13)11-22(2)18(24)12-27-20-21-17-6-4-3-5-16(17)19(25)23(20)14-8-9-14/h3-7,10,14H,8-9,11-12H2,1-2H3. The van der Waals surface area contributed by atoms with Crippen LogP contribution < -0.4 is 5.56 Å². The van der Waals surface area contributed by atoms with Gasteiger partial charge in [-0.05, 0) is 44.0 Å². The molecule has 0 bridgehead atoms. The fraction of sp³-hybridized carbons (Fsp3) is 0.350. The van der Waals surface area contributed by atoms with Gasteiger partial charge in [-0.25, -0.2) is 4.98 Å². The Morgan fingerprint density at radius 1 is 1.30 bits per heavy atom. The average molecular weight is 383 g/mol. The fourth-order valence-corrected chi connectivity index (χ4v) is 4.02. The second-order valence-corrected chi connectivity index (χ2v) is 7.81. The summed E-state index contributed by atoms with van der Waals surface area (Å²) in [6, 6.07) is 11.3. The highest BCUT2D eigenvalue weighted by molar-refractivity contribution is 7.99. The van der Waals surface area contributed by atoms with Gasteiger partial charge in [-0.2, -0.15) is 0 Å². The molecule has 3 aromatic rings. The lowest BCUT2D eigenvalue weighted by atomic mass is 10.2. The Hall–Kier alpha value is -2.54. The van der Waals surface area contributed by atoms with Gasteiger partial charge < -0.3 is 9.32 Å². The molecule has 0 atom stereocenters. The van der Waals surface area contributed by atoms with E-state index >= 15 is 0 Å². The minimum atomic E-state index is -0.0289. The van der Waals surface area contributed by atoms with Gasteiger partial charge >= 0.3 is 0 Å². The molecule has 0 saturated heterocycles. The van der Waals surface area contributed by atoms with Crippen LogP contribution in [0.15, 0.2) is 50.8 Å². The zero-order valence-electron chi connectivity index (χ0n) is 15.3. The summed E-state index contributed by atoms with van der Waals surface area (Å²) in [5.74, 6) is 1.79. The Balaban J connectivity index is 1.52. The lowest BCUT2D eigenvalue weighted by Crippen LogP contribution is -2.28. The summed E-state index contributed by atoms with van der Waals surface area (Å²) >= 11 is 1.33. The minimum Gasteiger partial charge on any atom is -0.464 e. The molecule has 1 aliphatic rings. The summed E-state index contributed by atoms with van der Waals surface area (Å²) in [7, 11) is 1.75. The highest BCUT2D eigenvalue weighted by Gasteiger charge is 2.29. The number of rotatable bonds is 6. The number of para-hydroxylation sites is 1. The lowest BCUT2D eigenvalue weighted by Gasteiger charge is -2.16. The van der Waals surface area contributed by atoms with E-state index in [0.29, 0.717) is 22.6 Å². The molecular formula is C20H21N3O3S. The van der Waals surface area contributed by atoms with Crippen molar-refractivity contribution in [2.45, 2.75) is 37.5 Å². The molecule has 0 N–H and O–H groups in total. The molecule has 4 rings (SSSR count). The second-order valence-electron chi connectivity index (χ2n) is 6.87. The molecule has 1 aliphatic carbocycles. The molecule has 6 nitrogen and oxygen atoms in total. The number of nitrogens with zero attached hydrogens (tertiary/aromatic N) is 3. The van der Waals surface area contributed by atoms with Gasteiger partial charge in [-0.3, -0.25) is 14.2 Å². The van der Waals surface area contributed by atoms with E-state index in [4.69, 9.17) is 4.42 Å². The molecule has 0 unspecified atom stereocenters. The third-order valence-corrected chi connectivity index (χ3v) is 5.56. The van der Waals surface area contributed by atoms with Gasteiger partial charge in [-0.15, -0.1) is 0 Å². The second kappa shape index (κ2) is 7.23. The summed E-state index contributed by atoms with van der Waals surface area (Å²) < 4.78 is 7.29. The van der Waals surface area contributed by atoms with E-state index < -0.39 is 0 Å². The number of aromatic nitrogens is 2. The van der Waals surface area contributed by atoms with Crippen molar-refractivity contribution in [1.29, 1.82) is 0 Å². The van der Waals surface area contributed by atoms with E-state index in [-0.39, 0.29) is 23.3 Å². The Morgan fingerprint density at radius 3 is 2.78 bits per heavy atom. The number of hydrogen-bond donors (Lipinski definition) is 0. The Kier molecular flexibility index (Phi) is 4.78. The zero-order chi connectivity index (χ0) is 19.0. The minimum absolute atomic E-state index is 0.0162. The third-order valence-electron chi connectivity index (χ3n) is 4.63. The van der Waals surface area contributed by atoms with Gasteiger partial charge in [0.15, 0.2) is 5.16 Å². The molecule has 27 heavy (non-hydrogen) atoms. The Labute approximate surface area is 161 Å². The number of fused-ring (bicyclic) bond motifs is 1. The molecule has 1 fully saturated rings. The molecule has 7 heteroatoms. The summed E-state index contributed by atoms with van der Waals surface area (Å²) in [6.07, 6.45) is 1.97. The first-order valence-electron chi connectivity index (χ1n) is 8.96. The summed E-state index contributed by atoms with van der Waals surface area (Å²) in [5, 5.41) is 1.25. The lowest BCUT2D eigenvalue weighted by molar-refractivity contribution is -0.127. The van der Waals surface area contributed by atoms with E-state index in [2.05, 4.69) is 4.98 Å². The number of aryl methyl sites for hydroxylation is 1. The van der Waals surface area contributed by atoms with E-state index in [1.54, 1.807) is 16.5 Å². The molecular weight excluding hydrogens is 362 g/mol. The number of hydrogen-bond acceptors (Lipinski definition) is 5. The summed E-state index contributed by atoms with van der Waals surface area (Å²) in [6.45, 7) is 2.30. The third kappa shape index (κ3) is 3.78. The first kappa shape index (κ1) is 17.9. The van der Waals surface area contributed by atoms with Crippen LogP contribution in [0.1, 0.15) is 30.4 Å². The van der Waals surface area contributed by atoms with Crippen LogP contribution in [0.4, 0.5) is 0 Å². The van der Waals surface area contributed by atoms with Crippen LogP contribution >= 0.6 is 11.8 Å². The van der Waals surface area contributed by atoms with Crippen LogP contribution in [0.25, 0.3) is 10.9 Å². The molecule has 0 aliphatic heterocycles. The number of thioether (sulfide) groups is 1. The van der Waals surface area contributed by atoms with Gasteiger partial charge in [0.05, 0.1) is 23.2 Å². The maximum absolute atomic E-state index is 12.9. The van der Waals surface area contributed by atoms with Gasteiger partial charge in [0.25, 0.3) is 5.56 Å². The molecule has 1 aromatic carbocycles. The number of carbonyl (C=O) groups is 1. The van der Waals surface area contributed by atoms with Crippen LogP contribution in [0, 0.1) is 6.92 Å². The molecule has 1 amide bonds. The average Bonchev–Trinajstić information content (AvgIpc) is 3.41. The van der Waals surface area contributed by atoms with Crippen molar-refractivity contribution in [3.63, 3.8) is 0 Å². The van der Waals surface area contributed by atoms with Crippen LogP contribution in [0.2, 0.25) is 0 Å². The molecule has 140 valence electrons. The zero-order valence-corrected chi connectivity index (χ0v) is 16.2. The van der Waals surface area contributed by atoms with Crippen molar-refractivity contribution in [2.75, 3.05) is 12.8 Å². The maximum Gasteiger partial charge on any atom is 0.262 e. The molecule has 0 spiro atoms. The van der Waals surface area contributed by atoms with E-state index in [1.165, 1.54) is 11.8 Å². The molecule has 1 saturated carbocycles. The molecule has 0 radical (unpaired) electrons. The van der Waals surface area contributed by atoms with Crippen molar-refractivity contribution in [1.82, 2.24) is 14.5 Å². The summed E-state index contributed by atoms with van der Waals surface area (Å²) in [5.41, 5.74) is 0.659. The maximum atomic E-state index is 12.9. The highest BCUT2D eigenvalue weighted by Crippen LogP contribution is 2.36. The van der Waals surface area contributed by atoms with E-state index in [9.17, 15) is 9.59 Å². The van der Waals surface area contributed by atoms with Crippen molar-refractivity contribution in [2.24, 2.45) is 0 Å². The molecule has 2 heterocycles. The van der Waals surface area contributed by atoms with Crippen molar-refractivity contribution in [3.8, 4) is 0 Å². The van der Waals surface area contributed by atoms with Crippen molar-refractivity contribution >= 4 is 28.6 Å². The largest absolute Gasteiger partial charge is 0.464 e. The SMILES string of the molecule is Cc1ccc(CN(C)C(=O)CSc2nc3ccccc3c(=O)n2C2CC2)o1. The quantitative estimate of drug-likeness (QED) is 0.482. The van der Waals surface area contributed by atoms with E-state index in [0.717, 1.165) is 24.4 Å². The van der Waals surface area contributed by atoms with Gasteiger partial charge in [-0.1, -0.05) is 23.9 Å². The summed E-state index contributed by atoms with van der Waals surface area (Å²) in [4.78, 5) is 31.7. The number of amides is 1. The predicted octanol–water partition coefficient (Wildman–Crippen LogP) is 3.38. The van der Waals surface area contributed by atoms with Crippen LogP contribution in [0.3, 0.4) is 0 Å². The van der Waals surface area contributed by atoms with Crippen LogP contribution in [0.5, 0.6) is 0 Å². The van der Waals surface area contributed by atoms with Gasteiger partial charge in [0.2, 0.25) is 5.91 Å². The highest BCUT2D eigenvalue weighted by atomic mass is 32.2. The number of benzene rings is 1. The topological polar surface area (TPSA) is 68.3 Å². The van der Waals surface area contributed by atoms with Crippen LogP contribution in [-0.2, 0) is 11.3 Å². The Bertz CT molecular complexity index is 1050. The van der Waals surface area contributed by atoms with Crippen LogP contribution in [-0.4, -0.2) is 33.2 Å².